The number of hydrogen-bond donors (Lipinski definition) is 0. The molecule has 72 valence electrons. The second-order valence-electron chi connectivity index (χ2n) is 2.82. The normalized spacial score (nSPS) is 10.4. The van der Waals surface area contributed by atoms with E-state index in [0.717, 1.165) is 0 Å². The van der Waals surface area contributed by atoms with Crippen molar-refractivity contribution >= 4 is 5.78 Å². The van der Waals surface area contributed by atoms with Gasteiger partial charge in [0, 0.05) is 0 Å². The fourth-order valence-corrected chi connectivity index (χ4v) is 1.01. The molecule has 0 amide bonds. The lowest BCUT2D eigenvalue weighted by Crippen LogP contribution is -2.09. The number of ketones is 1. The molecule has 0 aromatic carbocycles. The third-order valence-electron chi connectivity index (χ3n) is 1.56. The molecular weight excluding hydrogens is 184 g/mol. The van der Waals surface area contributed by atoms with E-state index in [0.29, 0.717) is 11.6 Å². The number of nitrogens with zero attached hydrogens (tertiary/aromatic N) is 4. The number of aromatic nitrogens is 4. The summed E-state index contributed by atoms with van der Waals surface area (Å²) in [5.74, 6) is 0.907. The van der Waals surface area contributed by atoms with E-state index in [-0.39, 0.29) is 12.3 Å². The molecule has 2 aromatic rings. The van der Waals surface area contributed by atoms with Gasteiger partial charge < -0.3 is 4.42 Å². The van der Waals surface area contributed by atoms with Crippen LogP contribution in [0.5, 0.6) is 0 Å². The van der Waals surface area contributed by atoms with Crippen LogP contribution >= 0.6 is 0 Å². The van der Waals surface area contributed by atoms with Crippen LogP contribution in [-0.2, 0) is 11.3 Å². The first-order valence-corrected chi connectivity index (χ1v) is 4.07. The number of Topliss-reactive ketones (excluding diaryl/α,β-unsaturated/α-hetero) is 1. The molecule has 0 aliphatic rings. The third kappa shape index (κ3) is 1.68. The van der Waals surface area contributed by atoms with Crippen LogP contribution < -0.4 is 0 Å². The minimum atomic E-state index is -0.0200. The van der Waals surface area contributed by atoms with E-state index < -0.39 is 0 Å². The zero-order valence-corrected chi connectivity index (χ0v) is 7.54. The van der Waals surface area contributed by atoms with Crippen molar-refractivity contribution in [3.05, 3.63) is 18.4 Å². The fraction of sp³-hybridized carbons (Fsp3) is 0.250. The first-order valence-electron chi connectivity index (χ1n) is 4.07. The Bertz CT molecular complexity index is 432. The van der Waals surface area contributed by atoms with Crippen molar-refractivity contribution in [2.75, 3.05) is 0 Å². The predicted molar refractivity (Wildman–Crippen MR) is 46.2 cm³/mol. The zero-order valence-electron chi connectivity index (χ0n) is 7.54. The molecule has 0 radical (unpaired) electrons. The molecular formula is C8H8N4O2. The second kappa shape index (κ2) is 3.41. The van der Waals surface area contributed by atoms with Crippen molar-refractivity contribution in [3.63, 3.8) is 0 Å². The number of tetrazole rings is 1. The minimum Gasteiger partial charge on any atom is -0.461 e. The third-order valence-corrected chi connectivity index (χ3v) is 1.56. The number of carbonyl (C=O) groups excluding carboxylic acids is 1. The molecule has 6 nitrogen and oxygen atoms in total. The molecule has 0 fully saturated rings. The maximum atomic E-state index is 10.8. The van der Waals surface area contributed by atoms with Gasteiger partial charge in [-0.05, 0) is 24.3 Å². The monoisotopic (exact) mass is 192 g/mol. The van der Waals surface area contributed by atoms with E-state index in [1.54, 1.807) is 12.1 Å². The molecule has 0 atom stereocenters. The summed E-state index contributed by atoms with van der Waals surface area (Å²) in [7, 11) is 0. The van der Waals surface area contributed by atoms with Crippen molar-refractivity contribution in [1.82, 2.24) is 20.2 Å². The first-order chi connectivity index (χ1) is 6.75. The van der Waals surface area contributed by atoms with Crippen LogP contribution in [0.1, 0.15) is 6.92 Å². The van der Waals surface area contributed by atoms with Gasteiger partial charge in [0.1, 0.15) is 6.54 Å². The van der Waals surface area contributed by atoms with Crippen LogP contribution in [0.3, 0.4) is 0 Å². The maximum absolute atomic E-state index is 10.8. The number of hydrogen-bond acceptors (Lipinski definition) is 5. The summed E-state index contributed by atoms with van der Waals surface area (Å²) < 4.78 is 5.07. The SMILES string of the molecule is CC(=O)Cn1nnc(-c2ccco2)n1. The van der Waals surface area contributed by atoms with Gasteiger partial charge in [0.2, 0.25) is 5.82 Å². The summed E-state index contributed by atoms with van der Waals surface area (Å²) in [5, 5.41) is 11.4. The number of carbonyl (C=O) groups is 1. The maximum Gasteiger partial charge on any atom is 0.240 e. The van der Waals surface area contributed by atoms with Gasteiger partial charge >= 0.3 is 0 Å². The molecule has 0 spiro atoms. The highest BCUT2D eigenvalue weighted by atomic mass is 16.3. The van der Waals surface area contributed by atoms with Crippen LogP contribution in [0.4, 0.5) is 0 Å². The van der Waals surface area contributed by atoms with E-state index in [4.69, 9.17) is 4.42 Å². The summed E-state index contributed by atoms with van der Waals surface area (Å²) in [6.07, 6.45) is 1.53. The molecule has 6 heteroatoms. The Morgan fingerprint density at radius 2 is 2.50 bits per heavy atom. The van der Waals surface area contributed by atoms with Crippen LogP contribution in [-0.4, -0.2) is 26.0 Å². The van der Waals surface area contributed by atoms with Gasteiger partial charge in [-0.15, -0.1) is 10.2 Å². The Kier molecular flexibility index (Phi) is 2.10. The van der Waals surface area contributed by atoms with Gasteiger partial charge in [-0.1, -0.05) is 0 Å². The average Bonchev–Trinajstić information content (AvgIpc) is 2.69. The van der Waals surface area contributed by atoms with Gasteiger partial charge in [0.25, 0.3) is 0 Å². The Morgan fingerprint density at radius 1 is 1.64 bits per heavy atom. The van der Waals surface area contributed by atoms with E-state index in [9.17, 15) is 4.79 Å². The molecule has 2 aromatic heterocycles. The van der Waals surface area contributed by atoms with Crippen molar-refractivity contribution < 1.29 is 9.21 Å². The van der Waals surface area contributed by atoms with E-state index in [1.807, 2.05) is 0 Å². The number of furan rings is 1. The summed E-state index contributed by atoms with van der Waals surface area (Å²) in [6, 6.07) is 3.47. The lowest BCUT2D eigenvalue weighted by molar-refractivity contribution is -0.117. The zero-order chi connectivity index (χ0) is 9.97. The van der Waals surface area contributed by atoms with Crippen LogP contribution in [0.15, 0.2) is 22.8 Å². The van der Waals surface area contributed by atoms with Gasteiger partial charge in [0.05, 0.1) is 6.26 Å². The Morgan fingerprint density at radius 3 is 3.14 bits per heavy atom. The molecule has 0 N–H and O–H groups in total. The summed E-state index contributed by atoms with van der Waals surface area (Å²) in [5.41, 5.74) is 0. The second-order valence-corrected chi connectivity index (χ2v) is 2.82. The first kappa shape index (κ1) is 8.61. The lowest BCUT2D eigenvalue weighted by Gasteiger charge is -1.90. The molecule has 0 saturated carbocycles. The van der Waals surface area contributed by atoms with Gasteiger partial charge in [-0.3, -0.25) is 4.79 Å². The smallest absolute Gasteiger partial charge is 0.240 e. The van der Waals surface area contributed by atoms with E-state index in [2.05, 4.69) is 15.4 Å². The summed E-state index contributed by atoms with van der Waals surface area (Å²) in [4.78, 5) is 12.0. The fourth-order valence-electron chi connectivity index (χ4n) is 1.01. The Labute approximate surface area is 79.5 Å². The summed E-state index contributed by atoms with van der Waals surface area (Å²) >= 11 is 0. The van der Waals surface area contributed by atoms with Crippen molar-refractivity contribution in [1.29, 1.82) is 0 Å². The molecule has 0 aliphatic heterocycles. The highest BCUT2D eigenvalue weighted by Crippen LogP contribution is 2.12. The highest BCUT2D eigenvalue weighted by molar-refractivity contribution is 5.74. The standard InChI is InChI=1S/C8H8N4O2/c1-6(13)5-12-10-8(9-11-12)7-3-2-4-14-7/h2-4H,5H2,1H3. The molecule has 2 heterocycles. The largest absolute Gasteiger partial charge is 0.461 e. The minimum absolute atomic E-state index is 0.0200. The molecule has 0 bridgehead atoms. The molecule has 0 saturated heterocycles. The van der Waals surface area contributed by atoms with E-state index >= 15 is 0 Å². The topological polar surface area (TPSA) is 73.8 Å². The molecule has 14 heavy (non-hydrogen) atoms. The van der Waals surface area contributed by atoms with Crippen LogP contribution in [0, 0.1) is 0 Å². The van der Waals surface area contributed by atoms with Crippen molar-refractivity contribution in [3.8, 4) is 11.6 Å². The highest BCUT2D eigenvalue weighted by Gasteiger charge is 2.08. The molecule has 0 unspecified atom stereocenters. The summed E-state index contributed by atoms with van der Waals surface area (Å²) in [6.45, 7) is 1.60. The van der Waals surface area contributed by atoms with E-state index in [1.165, 1.54) is 18.0 Å². The van der Waals surface area contributed by atoms with Crippen LogP contribution in [0.2, 0.25) is 0 Å². The molecule has 2 rings (SSSR count). The van der Waals surface area contributed by atoms with Gasteiger partial charge in [0.15, 0.2) is 11.5 Å². The number of rotatable bonds is 3. The van der Waals surface area contributed by atoms with Gasteiger partial charge in [-0.25, -0.2) is 0 Å². The van der Waals surface area contributed by atoms with Crippen LogP contribution in [0.25, 0.3) is 11.6 Å². The Balaban J connectivity index is 2.22. The van der Waals surface area contributed by atoms with Crippen molar-refractivity contribution in [2.45, 2.75) is 13.5 Å². The Hall–Kier alpha value is -1.98. The van der Waals surface area contributed by atoms with Gasteiger partial charge in [-0.2, -0.15) is 4.80 Å². The molecule has 0 aliphatic carbocycles. The van der Waals surface area contributed by atoms with Crippen molar-refractivity contribution in [2.24, 2.45) is 0 Å². The predicted octanol–water partition coefficient (Wildman–Crippen LogP) is 0.522. The quantitative estimate of drug-likeness (QED) is 0.708. The average molecular weight is 192 g/mol. The lowest BCUT2D eigenvalue weighted by atomic mass is 10.4.